The first-order valence-corrected chi connectivity index (χ1v) is 29.5. The molecule has 68 heavy (non-hydrogen) atoms. The van der Waals surface area contributed by atoms with Crippen molar-refractivity contribution in [1.29, 1.82) is 0 Å². The third-order valence-corrected chi connectivity index (χ3v) is 12.7. The van der Waals surface area contributed by atoms with E-state index in [2.05, 4.69) is 93.7 Å². The third kappa shape index (κ3) is 55.9. The lowest BCUT2D eigenvalue weighted by Crippen LogP contribution is -2.30. The van der Waals surface area contributed by atoms with Crippen molar-refractivity contribution in [2.45, 2.75) is 297 Å². The highest BCUT2D eigenvalue weighted by atomic mass is 16.6. The summed E-state index contributed by atoms with van der Waals surface area (Å²) in [5, 5.41) is 0. The van der Waals surface area contributed by atoms with Gasteiger partial charge in [-0.15, -0.1) is 0 Å². The van der Waals surface area contributed by atoms with Crippen molar-refractivity contribution in [2.24, 2.45) is 0 Å². The first-order chi connectivity index (χ1) is 33.6. The number of carbonyl (C=O) groups is 2. The van der Waals surface area contributed by atoms with E-state index in [1.54, 1.807) is 0 Å². The van der Waals surface area contributed by atoms with Gasteiger partial charge in [-0.2, -0.15) is 0 Å². The summed E-state index contributed by atoms with van der Waals surface area (Å²) < 4.78 is 17.5. The highest BCUT2D eigenvalue weighted by Gasteiger charge is 2.17. The topological polar surface area (TPSA) is 61.8 Å². The molecular formula is C63H112O5. The minimum Gasteiger partial charge on any atom is -0.462 e. The number of unbranched alkanes of at least 4 members (excludes halogenated alkanes) is 31. The molecule has 0 aromatic heterocycles. The number of rotatable bonds is 54. The second kappa shape index (κ2) is 58.7. The highest BCUT2D eigenvalue weighted by molar-refractivity contribution is 5.70. The Hall–Kier alpha value is -2.66. The molecule has 0 aliphatic rings. The molecule has 0 aromatic carbocycles. The van der Waals surface area contributed by atoms with E-state index in [0.29, 0.717) is 19.4 Å². The smallest absolute Gasteiger partial charge is 0.306 e. The van der Waals surface area contributed by atoms with Gasteiger partial charge in [0.05, 0.1) is 6.61 Å². The molecule has 0 N–H and O–H groups in total. The number of ether oxygens (including phenoxy) is 3. The fraction of sp³-hybridized carbons (Fsp3) is 0.778. The zero-order valence-electron chi connectivity index (χ0n) is 45.4. The summed E-state index contributed by atoms with van der Waals surface area (Å²) in [5.74, 6) is -0.440. The van der Waals surface area contributed by atoms with Crippen LogP contribution < -0.4 is 0 Å². The lowest BCUT2D eigenvalue weighted by Gasteiger charge is -2.18. The van der Waals surface area contributed by atoms with Gasteiger partial charge in [0, 0.05) is 19.4 Å². The Morgan fingerprint density at radius 1 is 0.338 bits per heavy atom. The SMILES string of the molecule is CC/C=C\C/C=C\C/C=C\C/C=C\CCCCC(=O)OC(COCCCCCCCCCC/C=C\CCCCCCCC)COC(=O)CCCCCCCCCCC/C=C\CCCCCCCC. The molecule has 0 saturated heterocycles. The van der Waals surface area contributed by atoms with Gasteiger partial charge in [0.15, 0.2) is 6.10 Å². The monoisotopic (exact) mass is 949 g/mol. The summed E-state index contributed by atoms with van der Waals surface area (Å²) in [6.07, 6.45) is 76.4. The maximum Gasteiger partial charge on any atom is 0.306 e. The van der Waals surface area contributed by atoms with Crippen LogP contribution >= 0.6 is 0 Å². The Morgan fingerprint density at radius 3 is 1.10 bits per heavy atom. The minimum atomic E-state index is -0.563. The predicted molar refractivity (Wildman–Crippen MR) is 297 cm³/mol. The summed E-state index contributed by atoms with van der Waals surface area (Å²) in [6.45, 7) is 7.69. The average molecular weight is 950 g/mol. The molecule has 0 rings (SSSR count). The maximum absolute atomic E-state index is 12.8. The van der Waals surface area contributed by atoms with Crippen LogP contribution in [0.1, 0.15) is 290 Å². The molecule has 394 valence electrons. The molecule has 5 heteroatoms. The van der Waals surface area contributed by atoms with Crippen LogP contribution in [0.25, 0.3) is 0 Å². The zero-order valence-corrected chi connectivity index (χ0v) is 45.4. The Kier molecular flexibility index (Phi) is 56.4. The summed E-state index contributed by atoms with van der Waals surface area (Å²) in [6, 6.07) is 0. The second-order valence-corrected chi connectivity index (χ2v) is 19.5. The molecule has 0 aliphatic carbocycles. The number of hydrogen-bond acceptors (Lipinski definition) is 5. The normalized spacial score (nSPS) is 12.7. The lowest BCUT2D eigenvalue weighted by molar-refractivity contribution is -0.163. The van der Waals surface area contributed by atoms with Gasteiger partial charge >= 0.3 is 11.9 Å². The number of carbonyl (C=O) groups excluding carboxylic acids is 2. The van der Waals surface area contributed by atoms with Gasteiger partial charge in [0.2, 0.25) is 0 Å². The van der Waals surface area contributed by atoms with Crippen molar-refractivity contribution in [3.05, 3.63) is 72.9 Å². The highest BCUT2D eigenvalue weighted by Crippen LogP contribution is 2.15. The average Bonchev–Trinajstić information content (AvgIpc) is 3.34. The molecule has 1 atom stereocenters. The van der Waals surface area contributed by atoms with Gasteiger partial charge in [0.25, 0.3) is 0 Å². The predicted octanol–water partition coefficient (Wildman–Crippen LogP) is 20.2. The van der Waals surface area contributed by atoms with Crippen molar-refractivity contribution in [3.8, 4) is 0 Å². The summed E-state index contributed by atoms with van der Waals surface area (Å²) in [4.78, 5) is 25.5. The molecular weight excluding hydrogens is 837 g/mol. The van der Waals surface area contributed by atoms with E-state index in [4.69, 9.17) is 14.2 Å². The summed E-state index contributed by atoms with van der Waals surface area (Å²) in [5.41, 5.74) is 0. The van der Waals surface area contributed by atoms with E-state index in [1.165, 1.54) is 186 Å². The van der Waals surface area contributed by atoms with Gasteiger partial charge in [-0.05, 0) is 109 Å². The van der Waals surface area contributed by atoms with Gasteiger partial charge in [0.1, 0.15) is 6.61 Å². The van der Waals surface area contributed by atoms with E-state index in [-0.39, 0.29) is 25.2 Å². The van der Waals surface area contributed by atoms with Crippen LogP contribution in [0.5, 0.6) is 0 Å². The van der Waals surface area contributed by atoms with Crippen LogP contribution in [0.2, 0.25) is 0 Å². The largest absolute Gasteiger partial charge is 0.462 e. The molecule has 0 bridgehead atoms. The Labute approximate surface area is 423 Å². The van der Waals surface area contributed by atoms with Crippen LogP contribution in [-0.2, 0) is 23.8 Å². The van der Waals surface area contributed by atoms with Crippen molar-refractivity contribution < 1.29 is 23.8 Å². The third-order valence-electron chi connectivity index (χ3n) is 12.7. The molecule has 0 aromatic rings. The van der Waals surface area contributed by atoms with Crippen LogP contribution in [-0.4, -0.2) is 37.9 Å². The Bertz CT molecular complexity index is 1210. The van der Waals surface area contributed by atoms with Crippen LogP contribution in [0, 0.1) is 0 Å². The lowest BCUT2D eigenvalue weighted by atomic mass is 10.1. The summed E-state index contributed by atoms with van der Waals surface area (Å²) in [7, 11) is 0. The van der Waals surface area contributed by atoms with E-state index in [1.807, 2.05) is 0 Å². The fourth-order valence-electron chi connectivity index (χ4n) is 8.32. The minimum absolute atomic E-state index is 0.0658. The van der Waals surface area contributed by atoms with E-state index < -0.39 is 6.10 Å². The van der Waals surface area contributed by atoms with Gasteiger partial charge in [-0.3, -0.25) is 9.59 Å². The first kappa shape index (κ1) is 65.3. The zero-order chi connectivity index (χ0) is 49.2. The van der Waals surface area contributed by atoms with Crippen LogP contribution in [0.15, 0.2) is 72.9 Å². The van der Waals surface area contributed by atoms with Crippen LogP contribution in [0.4, 0.5) is 0 Å². The molecule has 0 fully saturated rings. The fourth-order valence-corrected chi connectivity index (χ4v) is 8.32. The van der Waals surface area contributed by atoms with Crippen molar-refractivity contribution in [1.82, 2.24) is 0 Å². The molecule has 5 nitrogen and oxygen atoms in total. The van der Waals surface area contributed by atoms with Crippen molar-refractivity contribution in [2.75, 3.05) is 19.8 Å². The van der Waals surface area contributed by atoms with Gasteiger partial charge < -0.3 is 14.2 Å². The molecule has 0 saturated carbocycles. The Morgan fingerprint density at radius 2 is 0.662 bits per heavy atom. The molecule has 0 heterocycles. The van der Waals surface area contributed by atoms with E-state index in [9.17, 15) is 9.59 Å². The van der Waals surface area contributed by atoms with E-state index >= 15 is 0 Å². The maximum atomic E-state index is 12.8. The number of esters is 2. The van der Waals surface area contributed by atoms with Gasteiger partial charge in [-0.25, -0.2) is 0 Å². The molecule has 0 aliphatic heterocycles. The number of allylic oxidation sites excluding steroid dienone is 12. The summed E-state index contributed by atoms with van der Waals surface area (Å²) >= 11 is 0. The van der Waals surface area contributed by atoms with E-state index in [0.717, 1.165) is 70.6 Å². The molecule has 0 radical (unpaired) electrons. The first-order valence-electron chi connectivity index (χ1n) is 29.5. The number of hydrogen-bond donors (Lipinski definition) is 0. The van der Waals surface area contributed by atoms with Crippen molar-refractivity contribution >= 4 is 11.9 Å². The van der Waals surface area contributed by atoms with Crippen molar-refractivity contribution in [3.63, 3.8) is 0 Å². The quantitative estimate of drug-likeness (QED) is 0.0345. The van der Waals surface area contributed by atoms with Crippen LogP contribution in [0.3, 0.4) is 0 Å². The molecule has 0 amide bonds. The Balaban J connectivity index is 4.30. The molecule has 0 spiro atoms. The standard InChI is InChI=1S/C63H112O5/c1-4-7-10-13-16-19-22-25-28-30-32-33-36-38-41-44-47-50-53-56-62(64)67-60-61(68-63(65)57-54-51-48-45-42-39-35-27-24-21-18-15-12-9-6-3)59-66-58-55-52-49-46-43-40-37-34-31-29-26-23-20-17-14-11-8-5-2/h9,12,18,21,25-29,35,42,45,61H,4-8,10-11,13-17,19-20,22-24,30-34,36-41,43-44,46-60H2,1-3H3/b12-9-,21-18-,28-25-,29-26-,35-27-,45-42-. The van der Waals surface area contributed by atoms with Gasteiger partial charge in [-0.1, -0.05) is 241 Å². The second-order valence-electron chi connectivity index (χ2n) is 19.5. The molecule has 1 unspecified atom stereocenters.